The van der Waals surface area contributed by atoms with Crippen molar-refractivity contribution in [2.75, 3.05) is 24.7 Å². The van der Waals surface area contributed by atoms with Gasteiger partial charge in [0.1, 0.15) is 0 Å². The molecule has 31 heavy (non-hydrogen) atoms. The highest BCUT2D eigenvalue weighted by atomic mass is 28.4. The number of anilines is 1. The lowest BCUT2D eigenvalue weighted by molar-refractivity contribution is -0.130. The van der Waals surface area contributed by atoms with Crippen molar-refractivity contribution in [1.29, 1.82) is 0 Å². The third kappa shape index (κ3) is 4.65. The van der Waals surface area contributed by atoms with Crippen LogP contribution in [0, 0.1) is 5.41 Å². The molecular formula is C26H41NO3Si. The van der Waals surface area contributed by atoms with Gasteiger partial charge in [-0.15, -0.1) is 0 Å². The van der Waals surface area contributed by atoms with Crippen LogP contribution in [0.4, 0.5) is 5.69 Å². The van der Waals surface area contributed by atoms with E-state index in [-0.39, 0.29) is 10.5 Å². The Morgan fingerprint density at radius 2 is 1.61 bits per heavy atom. The Kier molecular flexibility index (Phi) is 6.41. The molecule has 0 unspecified atom stereocenters. The maximum Gasteiger partial charge on any atom is 0.233 e. The lowest BCUT2D eigenvalue weighted by Gasteiger charge is -2.41. The molecule has 0 atom stereocenters. The molecule has 1 aromatic rings. The Labute approximate surface area is 189 Å². The minimum Gasteiger partial charge on any atom is -0.414 e. The second kappa shape index (κ2) is 8.64. The third-order valence-corrected chi connectivity index (χ3v) is 13.1. The molecule has 1 amide bonds. The lowest BCUT2D eigenvalue weighted by Crippen LogP contribution is -2.44. The van der Waals surface area contributed by atoms with Gasteiger partial charge in [-0.25, -0.2) is 0 Å². The predicted molar refractivity (Wildman–Crippen MR) is 129 cm³/mol. The van der Waals surface area contributed by atoms with E-state index in [0.717, 1.165) is 57.6 Å². The maximum absolute atomic E-state index is 13.1. The molecule has 5 heteroatoms. The van der Waals surface area contributed by atoms with Crippen LogP contribution >= 0.6 is 0 Å². The summed E-state index contributed by atoms with van der Waals surface area (Å²) in [6.07, 6.45) is 7.86. The standard InChI is InChI=1S/C26H41NO3Si/c1-25(2,3)31(4,5)30-23-12-8-21(9-13-23)20-6-10-22(11-7-20)27-17-14-26(24(27)28)15-18-29-19-16-26/h6-7,10-11,21,23H,8-9,12-19H2,1-5H3. The van der Waals surface area contributed by atoms with Crippen molar-refractivity contribution in [2.45, 2.75) is 95.9 Å². The molecule has 2 saturated heterocycles. The summed E-state index contributed by atoms with van der Waals surface area (Å²) in [5, 5.41) is 0.274. The molecule has 4 nitrogen and oxygen atoms in total. The Balaban J connectivity index is 1.34. The first-order valence-corrected chi connectivity index (χ1v) is 15.2. The van der Waals surface area contributed by atoms with Crippen LogP contribution in [0.1, 0.15) is 77.2 Å². The Hall–Kier alpha value is -1.17. The largest absolute Gasteiger partial charge is 0.414 e. The van der Waals surface area contributed by atoms with E-state index >= 15 is 0 Å². The zero-order valence-corrected chi connectivity index (χ0v) is 21.2. The van der Waals surface area contributed by atoms with Crippen LogP contribution in [0.3, 0.4) is 0 Å². The molecule has 1 aromatic carbocycles. The van der Waals surface area contributed by atoms with Gasteiger partial charge in [0, 0.05) is 31.5 Å². The molecule has 3 fully saturated rings. The van der Waals surface area contributed by atoms with Crippen molar-refractivity contribution in [3.05, 3.63) is 29.8 Å². The summed E-state index contributed by atoms with van der Waals surface area (Å²) < 4.78 is 12.2. The zero-order valence-electron chi connectivity index (χ0n) is 20.2. The van der Waals surface area contributed by atoms with E-state index < -0.39 is 8.32 Å². The summed E-state index contributed by atoms with van der Waals surface area (Å²) in [6, 6.07) is 8.86. The number of nitrogens with zero attached hydrogens (tertiary/aromatic N) is 1. The smallest absolute Gasteiger partial charge is 0.233 e. The second-order valence-corrected chi connectivity index (χ2v) is 16.3. The van der Waals surface area contributed by atoms with Crippen LogP contribution in [-0.4, -0.2) is 40.1 Å². The predicted octanol–water partition coefficient (Wildman–Crippen LogP) is 6.27. The van der Waals surface area contributed by atoms with Crippen molar-refractivity contribution >= 4 is 19.9 Å². The molecule has 1 aliphatic carbocycles. The average molecular weight is 444 g/mol. The molecule has 0 N–H and O–H groups in total. The Bertz CT molecular complexity index is 769. The third-order valence-electron chi connectivity index (χ3n) is 8.58. The second-order valence-electron chi connectivity index (χ2n) is 11.5. The molecule has 4 rings (SSSR count). The fourth-order valence-corrected chi connectivity index (χ4v) is 6.75. The summed E-state index contributed by atoms with van der Waals surface area (Å²) in [7, 11) is -1.69. The summed E-state index contributed by atoms with van der Waals surface area (Å²) >= 11 is 0. The highest BCUT2D eigenvalue weighted by Gasteiger charge is 2.47. The Morgan fingerprint density at radius 3 is 2.19 bits per heavy atom. The van der Waals surface area contributed by atoms with Gasteiger partial charge in [0.25, 0.3) is 0 Å². The minimum atomic E-state index is -1.69. The molecule has 1 saturated carbocycles. The first kappa shape index (κ1) is 23.0. The topological polar surface area (TPSA) is 38.8 Å². The van der Waals surface area contributed by atoms with Crippen LogP contribution < -0.4 is 4.90 Å². The maximum atomic E-state index is 13.1. The zero-order chi connectivity index (χ0) is 22.3. The molecule has 0 aromatic heterocycles. The number of hydrogen-bond donors (Lipinski definition) is 0. The molecule has 2 aliphatic heterocycles. The summed E-state index contributed by atoms with van der Waals surface area (Å²) in [5.41, 5.74) is 2.31. The SMILES string of the molecule is CC(C)(C)[Si](C)(C)OC1CCC(c2ccc(N3CCC4(CCOCC4)C3=O)cc2)CC1. The molecule has 0 bridgehead atoms. The van der Waals surface area contributed by atoms with Crippen molar-refractivity contribution < 1.29 is 14.0 Å². The van der Waals surface area contributed by atoms with Gasteiger partial charge in [0.2, 0.25) is 5.91 Å². The van der Waals surface area contributed by atoms with Crippen LogP contribution in [0.15, 0.2) is 24.3 Å². The summed E-state index contributed by atoms with van der Waals surface area (Å²) in [5.74, 6) is 0.927. The normalized spacial score (nSPS) is 27.1. The number of ether oxygens (including phenoxy) is 1. The molecule has 172 valence electrons. The van der Waals surface area contributed by atoms with E-state index in [9.17, 15) is 4.79 Å². The highest BCUT2D eigenvalue weighted by molar-refractivity contribution is 6.74. The fraction of sp³-hybridized carbons (Fsp3) is 0.731. The van der Waals surface area contributed by atoms with Crippen LogP contribution in [0.2, 0.25) is 18.1 Å². The minimum absolute atomic E-state index is 0.167. The fourth-order valence-electron chi connectivity index (χ4n) is 5.33. The lowest BCUT2D eigenvalue weighted by atomic mass is 9.79. The quantitative estimate of drug-likeness (QED) is 0.515. The number of benzene rings is 1. The molecular weight excluding hydrogens is 402 g/mol. The van der Waals surface area contributed by atoms with Crippen LogP contribution in [-0.2, 0) is 14.0 Å². The number of carbonyl (C=O) groups is 1. The van der Waals surface area contributed by atoms with Gasteiger partial charge in [-0.05, 0) is 86.7 Å². The first-order valence-electron chi connectivity index (χ1n) is 12.3. The van der Waals surface area contributed by atoms with E-state index in [4.69, 9.17) is 9.16 Å². The van der Waals surface area contributed by atoms with Gasteiger partial charge in [-0.2, -0.15) is 0 Å². The van der Waals surface area contributed by atoms with Crippen molar-refractivity contribution in [1.82, 2.24) is 0 Å². The summed E-state index contributed by atoms with van der Waals surface area (Å²) in [6.45, 7) is 14.0. The Morgan fingerprint density at radius 1 is 1.00 bits per heavy atom. The van der Waals surface area contributed by atoms with Crippen molar-refractivity contribution in [2.24, 2.45) is 5.41 Å². The molecule has 3 aliphatic rings. The van der Waals surface area contributed by atoms with Gasteiger partial charge >= 0.3 is 0 Å². The molecule has 0 radical (unpaired) electrons. The first-order chi connectivity index (χ1) is 14.6. The monoisotopic (exact) mass is 443 g/mol. The van der Waals surface area contributed by atoms with Gasteiger partial charge in [0.05, 0.1) is 5.41 Å². The van der Waals surface area contributed by atoms with E-state index in [1.807, 2.05) is 4.90 Å². The van der Waals surface area contributed by atoms with Crippen molar-refractivity contribution in [3.8, 4) is 0 Å². The number of hydrogen-bond acceptors (Lipinski definition) is 3. The number of carbonyl (C=O) groups excluding carboxylic acids is 1. The van der Waals surface area contributed by atoms with Gasteiger partial charge in [0.15, 0.2) is 8.32 Å². The summed E-state index contributed by atoms with van der Waals surface area (Å²) in [4.78, 5) is 15.2. The van der Waals surface area contributed by atoms with E-state index in [0.29, 0.717) is 17.9 Å². The van der Waals surface area contributed by atoms with Crippen LogP contribution in [0.25, 0.3) is 0 Å². The highest BCUT2D eigenvalue weighted by Crippen LogP contribution is 2.44. The number of rotatable bonds is 4. The molecule has 2 heterocycles. The van der Waals surface area contributed by atoms with Crippen LogP contribution in [0.5, 0.6) is 0 Å². The van der Waals surface area contributed by atoms with Gasteiger partial charge in [-0.1, -0.05) is 32.9 Å². The van der Waals surface area contributed by atoms with E-state index in [1.54, 1.807) is 0 Å². The van der Waals surface area contributed by atoms with E-state index in [2.05, 4.69) is 58.1 Å². The van der Waals surface area contributed by atoms with E-state index in [1.165, 1.54) is 18.4 Å². The number of amides is 1. The van der Waals surface area contributed by atoms with Gasteiger partial charge in [-0.3, -0.25) is 4.79 Å². The average Bonchev–Trinajstić information content (AvgIpc) is 3.04. The van der Waals surface area contributed by atoms with Crippen molar-refractivity contribution in [3.63, 3.8) is 0 Å². The molecule has 1 spiro atoms. The van der Waals surface area contributed by atoms with Gasteiger partial charge < -0.3 is 14.1 Å².